The van der Waals surface area contributed by atoms with Gasteiger partial charge >= 0.3 is 5.76 Å². The standard InChI is InChI=1S/C18H18ClN3O5S/c1-21-16-11-13(3-5-17(16)27-18(21)23)28(24,25)20-12-2-4-15(14(19)10-12)22-6-8-26-9-7-22/h2-5,10-11,20H,6-9H2,1H3. The molecule has 0 bridgehead atoms. The van der Waals surface area contributed by atoms with Gasteiger partial charge in [-0.1, -0.05) is 11.6 Å². The Morgan fingerprint density at radius 1 is 1.11 bits per heavy atom. The molecule has 8 nitrogen and oxygen atoms in total. The van der Waals surface area contributed by atoms with E-state index in [1.54, 1.807) is 18.2 Å². The van der Waals surface area contributed by atoms with E-state index >= 15 is 0 Å². The second-order valence-electron chi connectivity index (χ2n) is 6.43. The van der Waals surface area contributed by atoms with E-state index in [0.29, 0.717) is 35.0 Å². The smallest absolute Gasteiger partial charge is 0.408 e. The van der Waals surface area contributed by atoms with Crippen molar-refractivity contribution >= 4 is 44.1 Å². The summed E-state index contributed by atoms with van der Waals surface area (Å²) < 4.78 is 39.7. The number of oxazole rings is 1. The Kier molecular flexibility index (Phi) is 4.82. The van der Waals surface area contributed by atoms with Crippen LogP contribution in [0.3, 0.4) is 0 Å². The molecule has 0 radical (unpaired) electrons. The number of fused-ring (bicyclic) bond motifs is 1. The van der Waals surface area contributed by atoms with E-state index in [4.69, 9.17) is 20.8 Å². The molecule has 1 saturated heterocycles. The Morgan fingerprint density at radius 2 is 1.86 bits per heavy atom. The number of halogens is 1. The fourth-order valence-corrected chi connectivity index (χ4v) is 4.49. The number of nitrogens with zero attached hydrogens (tertiary/aromatic N) is 2. The highest BCUT2D eigenvalue weighted by Gasteiger charge is 2.19. The highest BCUT2D eigenvalue weighted by molar-refractivity contribution is 7.92. The molecule has 2 aromatic carbocycles. The Morgan fingerprint density at radius 3 is 2.57 bits per heavy atom. The second kappa shape index (κ2) is 7.16. The molecule has 4 rings (SSSR count). The van der Waals surface area contributed by atoms with Crippen LogP contribution in [-0.2, 0) is 21.8 Å². The summed E-state index contributed by atoms with van der Waals surface area (Å²) in [5.74, 6) is -0.553. The summed E-state index contributed by atoms with van der Waals surface area (Å²) in [5.41, 5.74) is 1.91. The summed E-state index contributed by atoms with van der Waals surface area (Å²) in [4.78, 5) is 13.7. The lowest BCUT2D eigenvalue weighted by Crippen LogP contribution is -2.36. The van der Waals surface area contributed by atoms with Gasteiger partial charge in [0.1, 0.15) is 0 Å². The number of anilines is 2. The summed E-state index contributed by atoms with van der Waals surface area (Å²) in [6.45, 7) is 2.72. The fourth-order valence-electron chi connectivity index (χ4n) is 3.12. The molecule has 1 aliphatic rings. The van der Waals surface area contributed by atoms with Gasteiger partial charge in [-0.25, -0.2) is 13.2 Å². The first-order valence-corrected chi connectivity index (χ1v) is 10.5. The number of benzene rings is 2. The third kappa shape index (κ3) is 3.48. The van der Waals surface area contributed by atoms with Gasteiger partial charge in [0.05, 0.1) is 40.0 Å². The molecule has 28 heavy (non-hydrogen) atoms. The van der Waals surface area contributed by atoms with Gasteiger partial charge in [-0.05, 0) is 36.4 Å². The van der Waals surface area contributed by atoms with Gasteiger partial charge in [0, 0.05) is 20.1 Å². The van der Waals surface area contributed by atoms with Crippen LogP contribution in [0.25, 0.3) is 11.1 Å². The lowest BCUT2D eigenvalue weighted by atomic mass is 10.2. The van der Waals surface area contributed by atoms with E-state index in [-0.39, 0.29) is 4.90 Å². The van der Waals surface area contributed by atoms with Crippen LogP contribution >= 0.6 is 11.6 Å². The van der Waals surface area contributed by atoms with Crippen LogP contribution in [0.4, 0.5) is 11.4 Å². The first kappa shape index (κ1) is 18.9. The molecule has 10 heteroatoms. The number of morpholine rings is 1. The van der Waals surface area contributed by atoms with Gasteiger partial charge in [-0.3, -0.25) is 9.29 Å². The lowest BCUT2D eigenvalue weighted by molar-refractivity contribution is 0.122. The Bertz CT molecular complexity index is 1200. The van der Waals surface area contributed by atoms with E-state index in [1.165, 1.54) is 29.8 Å². The van der Waals surface area contributed by atoms with Crippen LogP contribution < -0.4 is 15.4 Å². The minimum absolute atomic E-state index is 0.0183. The molecule has 0 unspecified atom stereocenters. The zero-order chi connectivity index (χ0) is 19.9. The predicted molar refractivity (Wildman–Crippen MR) is 107 cm³/mol. The van der Waals surface area contributed by atoms with Gasteiger partial charge in [0.2, 0.25) is 0 Å². The van der Waals surface area contributed by atoms with Crippen LogP contribution in [0.1, 0.15) is 0 Å². The molecule has 0 saturated carbocycles. The van der Waals surface area contributed by atoms with Crippen molar-refractivity contribution in [2.45, 2.75) is 4.90 Å². The molecular weight excluding hydrogens is 406 g/mol. The highest BCUT2D eigenvalue weighted by atomic mass is 35.5. The van der Waals surface area contributed by atoms with Crippen molar-refractivity contribution in [3.8, 4) is 0 Å². The summed E-state index contributed by atoms with van der Waals surface area (Å²) in [6, 6.07) is 9.27. The highest BCUT2D eigenvalue weighted by Crippen LogP contribution is 2.30. The largest absolute Gasteiger partial charge is 0.419 e. The van der Waals surface area contributed by atoms with Crippen LogP contribution in [0.15, 0.2) is 50.5 Å². The molecule has 0 spiro atoms. The van der Waals surface area contributed by atoms with Crippen molar-refractivity contribution in [2.75, 3.05) is 35.9 Å². The monoisotopic (exact) mass is 423 g/mol. The molecule has 0 amide bonds. The van der Waals surface area contributed by atoms with Crippen LogP contribution in [-0.4, -0.2) is 39.3 Å². The van der Waals surface area contributed by atoms with Gasteiger partial charge in [-0.2, -0.15) is 0 Å². The van der Waals surface area contributed by atoms with Crippen molar-refractivity contribution in [3.63, 3.8) is 0 Å². The van der Waals surface area contributed by atoms with E-state index in [2.05, 4.69) is 9.62 Å². The first-order chi connectivity index (χ1) is 13.3. The topological polar surface area (TPSA) is 93.8 Å². The Hall–Kier alpha value is -2.49. The van der Waals surface area contributed by atoms with E-state index in [1.807, 2.05) is 0 Å². The molecule has 0 atom stereocenters. The molecule has 2 heterocycles. The Balaban J connectivity index is 1.61. The van der Waals surface area contributed by atoms with Crippen LogP contribution in [0, 0.1) is 0 Å². The summed E-state index contributed by atoms with van der Waals surface area (Å²) in [6.07, 6.45) is 0. The number of sulfonamides is 1. The average Bonchev–Trinajstić information content (AvgIpc) is 2.96. The molecule has 1 aromatic heterocycles. The minimum Gasteiger partial charge on any atom is -0.408 e. The van der Waals surface area contributed by atoms with Gasteiger partial charge < -0.3 is 14.1 Å². The number of hydrogen-bond donors (Lipinski definition) is 1. The minimum atomic E-state index is -3.87. The molecule has 1 fully saturated rings. The van der Waals surface area contributed by atoms with Gasteiger partial charge in [0.25, 0.3) is 10.0 Å². The van der Waals surface area contributed by atoms with Crippen molar-refractivity contribution in [3.05, 3.63) is 52.0 Å². The number of nitrogens with one attached hydrogen (secondary N) is 1. The second-order valence-corrected chi connectivity index (χ2v) is 8.52. The summed E-state index contributed by atoms with van der Waals surface area (Å²) in [7, 11) is -2.35. The van der Waals surface area contributed by atoms with Crippen molar-refractivity contribution in [1.82, 2.24) is 4.57 Å². The quantitative estimate of drug-likeness (QED) is 0.692. The summed E-state index contributed by atoms with van der Waals surface area (Å²) >= 11 is 6.37. The SMILES string of the molecule is Cn1c(=O)oc2ccc(S(=O)(=O)Nc3ccc(N4CCOCC4)c(Cl)c3)cc21. The number of aryl methyl sites for hydroxylation is 1. The maximum atomic E-state index is 12.8. The maximum Gasteiger partial charge on any atom is 0.419 e. The normalized spacial score (nSPS) is 15.1. The van der Waals surface area contributed by atoms with Crippen molar-refractivity contribution in [2.24, 2.45) is 7.05 Å². The van der Waals surface area contributed by atoms with E-state index in [9.17, 15) is 13.2 Å². The zero-order valence-electron chi connectivity index (χ0n) is 15.0. The average molecular weight is 424 g/mol. The van der Waals surface area contributed by atoms with E-state index < -0.39 is 15.8 Å². The number of rotatable bonds is 4. The van der Waals surface area contributed by atoms with Gasteiger partial charge in [0.15, 0.2) is 5.58 Å². The maximum absolute atomic E-state index is 12.8. The van der Waals surface area contributed by atoms with Crippen LogP contribution in [0.5, 0.6) is 0 Å². The van der Waals surface area contributed by atoms with Gasteiger partial charge in [-0.15, -0.1) is 0 Å². The number of aromatic nitrogens is 1. The molecule has 148 valence electrons. The molecule has 0 aliphatic carbocycles. The number of hydrogen-bond acceptors (Lipinski definition) is 6. The summed E-state index contributed by atoms with van der Waals surface area (Å²) in [5, 5.41) is 0.454. The molecule has 1 N–H and O–H groups in total. The molecule has 3 aromatic rings. The van der Waals surface area contributed by atoms with Crippen molar-refractivity contribution in [1.29, 1.82) is 0 Å². The molecular formula is C18H18ClN3O5S. The molecule has 1 aliphatic heterocycles. The van der Waals surface area contributed by atoms with E-state index in [0.717, 1.165) is 18.8 Å². The van der Waals surface area contributed by atoms with Crippen molar-refractivity contribution < 1.29 is 17.6 Å². The lowest BCUT2D eigenvalue weighted by Gasteiger charge is -2.29. The third-order valence-electron chi connectivity index (χ3n) is 4.62. The predicted octanol–water partition coefficient (Wildman–Crippen LogP) is 2.42. The first-order valence-electron chi connectivity index (χ1n) is 8.60. The van der Waals surface area contributed by atoms with Crippen LogP contribution in [0.2, 0.25) is 5.02 Å². The Labute approximate surface area is 166 Å². The zero-order valence-corrected chi connectivity index (χ0v) is 16.6. The fraction of sp³-hybridized carbons (Fsp3) is 0.278. The third-order valence-corrected chi connectivity index (χ3v) is 6.31. The number of ether oxygens (including phenoxy) is 1.